The Labute approximate surface area is 105 Å². The highest BCUT2D eigenvalue weighted by Gasteiger charge is 2.15. The summed E-state index contributed by atoms with van der Waals surface area (Å²) >= 11 is 0. The maximum Gasteiger partial charge on any atom is 0.282 e. The predicted molar refractivity (Wildman–Crippen MR) is 66.0 cm³/mol. The van der Waals surface area contributed by atoms with Crippen molar-refractivity contribution in [2.45, 2.75) is 12.6 Å². The van der Waals surface area contributed by atoms with Crippen LogP contribution in [0.3, 0.4) is 0 Å². The Bertz CT molecular complexity index is 451. The molecule has 0 saturated carbocycles. The van der Waals surface area contributed by atoms with Crippen LogP contribution >= 0.6 is 0 Å². The van der Waals surface area contributed by atoms with Crippen molar-refractivity contribution in [3.8, 4) is 5.75 Å². The zero-order valence-electron chi connectivity index (χ0n) is 10.1. The molecule has 1 aromatic carbocycles. The van der Waals surface area contributed by atoms with E-state index >= 15 is 0 Å². The van der Waals surface area contributed by atoms with Crippen LogP contribution in [-0.2, 0) is 11.3 Å². The number of nitrogens with one attached hydrogen (secondary N) is 1. The summed E-state index contributed by atoms with van der Waals surface area (Å²) < 4.78 is 23.1. The molecule has 0 unspecified atom stereocenters. The highest BCUT2D eigenvalue weighted by atomic mass is 19.1. The second kappa shape index (κ2) is 5.68. The lowest BCUT2D eigenvalue weighted by Gasteiger charge is -2.09. The molecule has 0 amide bonds. The molecule has 0 bridgehead atoms. The van der Waals surface area contributed by atoms with Gasteiger partial charge in [-0.15, -0.1) is 0 Å². The number of nitrogens with zero attached hydrogens (tertiary/aromatic N) is 1. The van der Waals surface area contributed by atoms with Crippen LogP contribution in [0, 0.1) is 5.82 Å². The molecule has 3 N–H and O–H groups in total. The van der Waals surface area contributed by atoms with Crippen LogP contribution in [0.1, 0.15) is 5.56 Å². The minimum absolute atomic E-state index is 0.0485. The van der Waals surface area contributed by atoms with Crippen molar-refractivity contribution in [2.75, 3.05) is 20.3 Å². The largest absolute Gasteiger partial charge is 0.494 e. The Morgan fingerprint density at radius 3 is 3.11 bits per heavy atom. The van der Waals surface area contributed by atoms with Crippen LogP contribution in [0.2, 0.25) is 0 Å². The molecule has 0 saturated heterocycles. The first-order valence-corrected chi connectivity index (χ1v) is 5.68. The molecule has 1 aromatic rings. The molecule has 2 rings (SSSR count). The zero-order valence-corrected chi connectivity index (χ0v) is 10.1. The second-order valence-electron chi connectivity index (χ2n) is 4.03. The third-order valence-corrected chi connectivity index (χ3v) is 2.66. The molecule has 5 nitrogen and oxygen atoms in total. The van der Waals surface area contributed by atoms with E-state index in [1.807, 2.05) is 0 Å². The Balaban J connectivity index is 1.83. The molecular weight excluding hydrogens is 237 g/mol. The monoisotopic (exact) mass is 253 g/mol. The standard InChI is InChI=1S/C12H16FN3O2/c1-17-11-4-8(2-3-10(11)13)5-15-6-9-7-18-12(14)16-9/h2-4,9,15H,5-7H2,1H3,(H2,14,16)/t9-/m1/s1. The summed E-state index contributed by atoms with van der Waals surface area (Å²) in [6, 6.07) is 5.07. The predicted octanol–water partition coefficient (Wildman–Crippen LogP) is 0.637. The molecule has 6 heteroatoms. The second-order valence-corrected chi connectivity index (χ2v) is 4.03. The first-order valence-electron chi connectivity index (χ1n) is 5.68. The van der Waals surface area contributed by atoms with Crippen LogP contribution < -0.4 is 15.8 Å². The minimum Gasteiger partial charge on any atom is -0.494 e. The number of benzene rings is 1. The number of methoxy groups -OCH3 is 1. The van der Waals surface area contributed by atoms with Crippen molar-refractivity contribution in [3.05, 3.63) is 29.6 Å². The summed E-state index contributed by atoms with van der Waals surface area (Å²) in [4.78, 5) is 4.09. The highest BCUT2D eigenvalue weighted by molar-refractivity contribution is 5.73. The molecule has 98 valence electrons. The summed E-state index contributed by atoms with van der Waals surface area (Å²) in [5.41, 5.74) is 6.35. The lowest BCUT2D eigenvalue weighted by atomic mass is 10.2. The average molecular weight is 253 g/mol. The van der Waals surface area contributed by atoms with Gasteiger partial charge in [-0.3, -0.25) is 0 Å². The lowest BCUT2D eigenvalue weighted by Crippen LogP contribution is -2.26. The quantitative estimate of drug-likeness (QED) is 0.808. The van der Waals surface area contributed by atoms with Crippen molar-refractivity contribution in [3.63, 3.8) is 0 Å². The first kappa shape index (κ1) is 12.6. The summed E-state index contributed by atoms with van der Waals surface area (Å²) in [5.74, 6) is -0.108. The number of amidine groups is 1. The van der Waals surface area contributed by atoms with E-state index in [4.69, 9.17) is 15.2 Å². The summed E-state index contributed by atoms with van der Waals surface area (Å²) in [7, 11) is 1.45. The number of rotatable bonds is 5. The first-order chi connectivity index (χ1) is 8.69. The molecule has 0 radical (unpaired) electrons. The third kappa shape index (κ3) is 3.10. The van der Waals surface area contributed by atoms with E-state index in [9.17, 15) is 4.39 Å². The van der Waals surface area contributed by atoms with Gasteiger partial charge in [0, 0.05) is 13.1 Å². The van der Waals surface area contributed by atoms with E-state index in [1.165, 1.54) is 13.2 Å². The molecule has 1 atom stereocenters. The Kier molecular flexibility index (Phi) is 3.99. The summed E-state index contributed by atoms with van der Waals surface area (Å²) in [6.07, 6.45) is 0. The number of nitrogens with two attached hydrogens (primary N) is 1. The van der Waals surface area contributed by atoms with Crippen molar-refractivity contribution in [1.82, 2.24) is 5.32 Å². The zero-order chi connectivity index (χ0) is 13.0. The van der Waals surface area contributed by atoms with Crippen molar-refractivity contribution in [1.29, 1.82) is 0 Å². The van der Waals surface area contributed by atoms with Gasteiger partial charge >= 0.3 is 0 Å². The van der Waals surface area contributed by atoms with Crippen LogP contribution in [0.15, 0.2) is 23.2 Å². The summed E-state index contributed by atoms with van der Waals surface area (Å²) in [6.45, 7) is 1.79. The highest BCUT2D eigenvalue weighted by Crippen LogP contribution is 2.18. The van der Waals surface area contributed by atoms with Gasteiger partial charge in [0.1, 0.15) is 12.6 Å². The van der Waals surface area contributed by atoms with E-state index in [0.29, 0.717) is 19.7 Å². The Morgan fingerprint density at radius 1 is 1.61 bits per heavy atom. The van der Waals surface area contributed by atoms with E-state index in [1.54, 1.807) is 12.1 Å². The van der Waals surface area contributed by atoms with Gasteiger partial charge < -0.3 is 20.5 Å². The molecular formula is C12H16FN3O2. The van der Waals surface area contributed by atoms with E-state index < -0.39 is 0 Å². The van der Waals surface area contributed by atoms with Gasteiger partial charge in [-0.05, 0) is 17.7 Å². The third-order valence-electron chi connectivity index (χ3n) is 2.66. The van der Waals surface area contributed by atoms with Crippen LogP contribution in [0.4, 0.5) is 4.39 Å². The molecule has 0 aliphatic carbocycles. The average Bonchev–Trinajstić information content (AvgIpc) is 2.77. The van der Waals surface area contributed by atoms with E-state index in [2.05, 4.69) is 10.3 Å². The minimum atomic E-state index is -0.359. The van der Waals surface area contributed by atoms with Gasteiger partial charge in [-0.1, -0.05) is 6.07 Å². The fraction of sp³-hybridized carbons (Fsp3) is 0.417. The van der Waals surface area contributed by atoms with Gasteiger partial charge in [0.05, 0.1) is 7.11 Å². The van der Waals surface area contributed by atoms with E-state index in [-0.39, 0.29) is 23.6 Å². The molecule has 1 aliphatic heterocycles. The maximum absolute atomic E-state index is 13.2. The number of hydrogen-bond acceptors (Lipinski definition) is 5. The number of halogens is 1. The van der Waals surface area contributed by atoms with Gasteiger partial charge in [0.25, 0.3) is 6.02 Å². The fourth-order valence-corrected chi connectivity index (χ4v) is 1.74. The lowest BCUT2D eigenvalue weighted by molar-refractivity contribution is 0.309. The molecule has 1 heterocycles. The van der Waals surface area contributed by atoms with E-state index in [0.717, 1.165) is 5.56 Å². The number of ether oxygens (including phenoxy) is 2. The Hall–Kier alpha value is -1.82. The number of aliphatic imine (C=N–C) groups is 1. The molecule has 0 aromatic heterocycles. The van der Waals surface area contributed by atoms with Crippen LogP contribution in [0.25, 0.3) is 0 Å². The topological polar surface area (TPSA) is 68.9 Å². The Morgan fingerprint density at radius 2 is 2.44 bits per heavy atom. The smallest absolute Gasteiger partial charge is 0.282 e. The van der Waals surface area contributed by atoms with Gasteiger partial charge in [-0.2, -0.15) is 0 Å². The van der Waals surface area contributed by atoms with Crippen molar-refractivity contribution >= 4 is 6.02 Å². The molecule has 0 fully saturated rings. The van der Waals surface area contributed by atoms with Crippen LogP contribution in [0.5, 0.6) is 5.75 Å². The summed E-state index contributed by atoms with van der Waals surface area (Å²) in [5, 5.41) is 3.21. The van der Waals surface area contributed by atoms with Crippen molar-refractivity contribution < 1.29 is 13.9 Å². The fourth-order valence-electron chi connectivity index (χ4n) is 1.74. The maximum atomic E-state index is 13.2. The van der Waals surface area contributed by atoms with Gasteiger partial charge in [-0.25, -0.2) is 9.38 Å². The van der Waals surface area contributed by atoms with Crippen molar-refractivity contribution in [2.24, 2.45) is 10.7 Å². The molecule has 1 aliphatic rings. The molecule has 18 heavy (non-hydrogen) atoms. The SMILES string of the molecule is COc1cc(CNC[C@@H]2COC(N)=N2)ccc1F. The van der Waals surface area contributed by atoms with Gasteiger partial charge in [0.2, 0.25) is 0 Å². The van der Waals surface area contributed by atoms with Crippen LogP contribution in [-0.4, -0.2) is 32.3 Å². The molecule has 0 spiro atoms. The normalized spacial score (nSPS) is 18.3. The van der Waals surface area contributed by atoms with Gasteiger partial charge in [0.15, 0.2) is 11.6 Å². The number of hydrogen-bond donors (Lipinski definition) is 2.